The maximum atomic E-state index is 12.8. The molecule has 2 amide bonds. The zero-order valence-corrected chi connectivity index (χ0v) is 66.7. The number of carbonyl (C=O) groups is 3. The van der Waals surface area contributed by atoms with Crippen LogP contribution in [0.1, 0.15) is 521 Å². The van der Waals surface area contributed by atoms with Crippen molar-refractivity contribution in [2.75, 3.05) is 31.1 Å². The van der Waals surface area contributed by atoms with Crippen molar-refractivity contribution >= 4 is 29.5 Å². The molecular formula is C89H176N2O4S. The summed E-state index contributed by atoms with van der Waals surface area (Å²) in [5.74, 6) is 2.24. The molecule has 0 aromatic carbocycles. The van der Waals surface area contributed by atoms with Crippen LogP contribution in [-0.2, 0) is 14.4 Å². The van der Waals surface area contributed by atoms with Crippen molar-refractivity contribution in [1.29, 1.82) is 0 Å². The van der Waals surface area contributed by atoms with Crippen LogP contribution in [0.3, 0.4) is 0 Å². The van der Waals surface area contributed by atoms with Gasteiger partial charge in [-0.3, -0.25) is 14.4 Å². The number of carboxylic acids is 1. The number of amides is 2. The van der Waals surface area contributed by atoms with Gasteiger partial charge in [-0.25, -0.2) is 0 Å². The second kappa shape index (κ2) is 86.2. The zero-order chi connectivity index (χ0) is 69.1. The first kappa shape index (κ1) is 94.8. The Kier molecular flexibility index (Phi) is 85.1. The van der Waals surface area contributed by atoms with E-state index in [1.165, 1.54) is 467 Å². The van der Waals surface area contributed by atoms with Crippen LogP contribution in [0.2, 0.25) is 0 Å². The van der Waals surface area contributed by atoms with E-state index in [4.69, 9.17) is 5.11 Å². The molecule has 96 heavy (non-hydrogen) atoms. The first-order valence-electron chi connectivity index (χ1n) is 44.8. The quantitative estimate of drug-likeness (QED) is 0.0593. The number of hydrogen-bond donors (Lipinski definition) is 2. The molecule has 6 nitrogen and oxygen atoms in total. The van der Waals surface area contributed by atoms with Gasteiger partial charge >= 0.3 is 5.97 Å². The topological polar surface area (TPSA) is 86.7 Å². The number of rotatable bonds is 87. The third-order valence-electron chi connectivity index (χ3n) is 21.5. The van der Waals surface area contributed by atoms with Crippen LogP contribution in [0.5, 0.6) is 0 Å². The Hall–Kier alpha value is -1.24. The van der Waals surface area contributed by atoms with Crippen LogP contribution < -0.4 is 5.32 Å². The summed E-state index contributed by atoms with van der Waals surface area (Å²) in [6.45, 7) is 6.36. The monoisotopic (exact) mass is 1370 g/mol. The Morgan fingerprint density at radius 2 is 0.448 bits per heavy atom. The Labute approximate surface area is 608 Å². The lowest BCUT2D eigenvalue weighted by Crippen LogP contribution is -2.31. The normalized spacial score (nSPS) is 11.6. The van der Waals surface area contributed by atoms with Crippen LogP contribution >= 0.6 is 11.8 Å². The van der Waals surface area contributed by atoms with Gasteiger partial charge in [0.25, 0.3) is 0 Å². The molecule has 0 aromatic rings. The van der Waals surface area contributed by atoms with E-state index >= 15 is 0 Å². The van der Waals surface area contributed by atoms with Gasteiger partial charge in [0.2, 0.25) is 11.8 Å². The van der Waals surface area contributed by atoms with Gasteiger partial charge < -0.3 is 15.3 Å². The van der Waals surface area contributed by atoms with E-state index in [-0.39, 0.29) is 18.9 Å². The molecule has 0 saturated heterocycles. The van der Waals surface area contributed by atoms with Crippen molar-refractivity contribution < 1.29 is 19.5 Å². The van der Waals surface area contributed by atoms with Gasteiger partial charge in [-0.1, -0.05) is 463 Å². The number of carbonyl (C=O) groups excluding carboxylic acids is 2. The Bertz CT molecular complexity index is 1480. The lowest BCUT2D eigenvalue weighted by Gasteiger charge is -2.21. The molecule has 0 aromatic heterocycles. The number of carboxylic acid groups (broad SMARTS) is 1. The predicted octanol–water partition coefficient (Wildman–Crippen LogP) is 30.6. The van der Waals surface area contributed by atoms with Crippen molar-refractivity contribution in [3.8, 4) is 0 Å². The molecule has 7 heteroatoms. The molecule has 0 unspecified atom stereocenters. The number of unbranched alkanes of at least 4 members (excludes halogenated alkanes) is 73. The largest absolute Gasteiger partial charge is 0.481 e. The third-order valence-corrected chi connectivity index (χ3v) is 22.7. The molecule has 0 radical (unpaired) electrons. The fourth-order valence-corrected chi connectivity index (χ4v) is 15.9. The molecule has 0 aliphatic heterocycles. The fourth-order valence-electron chi connectivity index (χ4n) is 14.8. The molecule has 0 aliphatic carbocycles. The minimum absolute atomic E-state index is 0.0181. The summed E-state index contributed by atoms with van der Waals surface area (Å²) in [4.78, 5) is 37.1. The Balaban J connectivity index is 3.19. The van der Waals surface area contributed by atoms with Crippen molar-refractivity contribution in [1.82, 2.24) is 10.2 Å². The van der Waals surface area contributed by atoms with Gasteiger partial charge in [0.15, 0.2) is 0 Å². The van der Waals surface area contributed by atoms with E-state index in [0.29, 0.717) is 18.7 Å². The van der Waals surface area contributed by atoms with Gasteiger partial charge in [-0.05, 0) is 50.5 Å². The fraction of sp³-hybridized carbons (Fsp3) is 0.966. The summed E-state index contributed by atoms with van der Waals surface area (Å²) in [5, 5.41) is 11.3. The number of aliphatic carboxylic acids is 1. The number of nitrogens with zero attached hydrogens (tertiary/aromatic N) is 1. The lowest BCUT2D eigenvalue weighted by molar-refractivity contribution is -0.137. The number of thioether (sulfide) groups is 1. The molecule has 0 spiro atoms. The Morgan fingerprint density at radius 1 is 0.250 bits per heavy atom. The summed E-state index contributed by atoms with van der Waals surface area (Å²) in [5.41, 5.74) is 0. The second-order valence-corrected chi connectivity index (χ2v) is 32.3. The average molecular weight is 1370 g/mol. The highest BCUT2D eigenvalue weighted by Crippen LogP contribution is 2.22. The molecule has 0 fully saturated rings. The molecule has 0 rings (SSSR count). The van der Waals surface area contributed by atoms with E-state index in [1.807, 2.05) is 0 Å². The molecule has 0 atom stereocenters. The van der Waals surface area contributed by atoms with Gasteiger partial charge in [-0.2, -0.15) is 11.8 Å². The lowest BCUT2D eigenvalue weighted by atomic mass is 10.0. The van der Waals surface area contributed by atoms with Gasteiger partial charge in [0.05, 0.1) is 6.42 Å². The van der Waals surface area contributed by atoms with Gasteiger partial charge in [-0.15, -0.1) is 0 Å². The van der Waals surface area contributed by atoms with Crippen LogP contribution in [0.4, 0.5) is 0 Å². The Morgan fingerprint density at radius 3 is 0.667 bits per heavy atom. The molecule has 0 bridgehead atoms. The maximum Gasteiger partial charge on any atom is 0.305 e. The van der Waals surface area contributed by atoms with E-state index in [2.05, 4.69) is 35.8 Å². The SMILES string of the molecule is CCCCCCCCCCCCSCCCCCCCCCCCCCCCCCCCCCCCCCCCCCCCCCCCCCCCCCCCCCCCCCCCCCCCCCCCCC(=O)N(CC)CCCCCCCCCCC(=O)NCCC(=O)O. The van der Waals surface area contributed by atoms with Crippen LogP contribution in [0.25, 0.3) is 0 Å². The second-order valence-electron chi connectivity index (χ2n) is 31.1. The summed E-state index contributed by atoms with van der Waals surface area (Å²) in [6, 6.07) is 0. The summed E-state index contributed by atoms with van der Waals surface area (Å²) in [6.07, 6.45) is 109. The molecule has 572 valence electrons. The molecule has 0 saturated carbocycles. The van der Waals surface area contributed by atoms with Crippen molar-refractivity contribution in [3.63, 3.8) is 0 Å². The highest BCUT2D eigenvalue weighted by Gasteiger charge is 2.11. The first-order chi connectivity index (χ1) is 47.5. The third kappa shape index (κ3) is 83.4. The first-order valence-corrected chi connectivity index (χ1v) is 46.0. The molecular weight excluding hydrogens is 1190 g/mol. The van der Waals surface area contributed by atoms with Crippen molar-refractivity contribution in [2.24, 2.45) is 0 Å². The van der Waals surface area contributed by atoms with Crippen LogP contribution in [0.15, 0.2) is 0 Å². The van der Waals surface area contributed by atoms with Gasteiger partial charge in [0.1, 0.15) is 0 Å². The van der Waals surface area contributed by atoms with Crippen molar-refractivity contribution in [3.05, 3.63) is 0 Å². The van der Waals surface area contributed by atoms with Crippen molar-refractivity contribution in [2.45, 2.75) is 521 Å². The van der Waals surface area contributed by atoms with E-state index in [9.17, 15) is 14.4 Å². The minimum Gasteiger partial charge on any atom is -0.481 e. The smallest absolute Gasteiger partial charge is 0.305 e. The summed E-state index contributed by atoms with van der Waals surface area (Å²) >= 11 is 2.23. The number of nitrogens with one attached hydrogen (secondary N) is 1. The van der Waals surface area contributed by atoms with Crippen LogP contribution in [-0.4, -0.2) is 58.9 Å². The van der Waals surface area contributed by atoms with Gasteiger partial charge in [0, 0.05) is 32.5 Å². The zero-order valence-electron chi connectivity index (χ0n) is 65.9. The maximum absolute atomic E-state index is 12.8. The van der Waals surface area contributed by atoms with E-state index in [0.717, 1.165) is 45.2 Å². The molecule has 0 heterocycles. The standard InChI is InChI=1S/C89H176N2O4S/c1-3-5-6-7-8-9-63-68-73-78-85-96-86-79-74-69-64-59-57-55-53-51-49-47-45-43-41-39-37-35-33-31-29-27-25-23-21-19-17-15-13-11-10-12-14-16-18-20-22-24-26-28-30-32-34-36-38-40-42-44-46-48-50-52-54-56-58-60-66-71-76-81-88(93)91(4-2)84-77-72-67-62-61-65-70-75-80-87(92)90-83-82-89(94)95/h3-86H2,1-2H3,(H,90,92)(H,94,95). The van der Waals surface area contributed by atoms with E-state index in [1.54, 1.807) is 0 Å². The average Bonchev–Trinajstić information content (AvgIpc) is 3.51. The molecule has 0 aliphatic rings. The minimum atomic E-state index is -0.881. The molecule has 2 N–H and O–H groups in total. The predicted molar refractivity (Wildman–Crippen MR) is 431 cm³/mol. The summed E-state index contributed by atoms with van der Waals surface area (Å²) < 4.78 is 0. The number of hydrogen-bond acceptors (Lipinski definition) is 4. The summed E-state index contributed by atoms with van der Waals surface area (Å²) in [7, 11) is 0. The van der Waals surface area contributed by atoms with E-state index < -0.39 is 5.97 Å². The highest BCUT2D eigenvalue weighted by atomic mass is 32.2. The van der Waals surface area contributed by atoms with Crippen LogP contribution in [0, 0.1) is 0 Å². The highest BCUT2D eigenvalue weighted by molar-refractivity contribution is 7.99.